The fraction of sp³-hybridized carbons (Fsp3) is 0.400. The van der Waals surface area contributed by atoms with Crippen LogP contribution < -0.4 is 10.9 Å². The zero-order chi connectivity index (χ0) is 20.7. The van der Waals surface area contributed by atoms with E-state index in [0.29, 0.717) is 11.9 Å². The Labute approximate surface area is 172 Å². The number of fused-ring (bicyclic) bond motifs is 1. The fourth-order valence-electron chi connectivity index (χ4n) is 4.13. The molecule has 0 radical (unpaired) electrons. The lowest BCUT2D eigenvalue weighted by molar-refractivity contribution is 0.302. The van der Waals surface area contributed by atoms with Gasteiger partial charge in [-0.25, -0.2) is 9.36 Å². The molecule has 1 aliphatic carbocycles. The van der Waals surface area contributed by atoms with Crippen LogP contribution in [0, 0.1) is 13.8 Å². The zero-order valence-corrected chi connectivity index (χ0v) is 16.9. The van der Waals surface area contributed by atoms with E-state index in [4.69, 9.17) is 0 Å². The smallest absolute Gasteiger partial charge is 0.267 e. The molecule has 4 aromatic heterocycles. The Morgan fingerprint density at radius 3 is 2.60 bits per heavy atom. The van der Waals surface area contributed by atoms with Crippen LogP contribution in [0.2, 0.25) is 0 Å². The summed E-state index contributed by atoms with van der Waals surface area (Å²) in [5.74, 6) is 1.47. The topological polar surface area (TPSA) is 108 Å². The number of hydrogen-bond donors (Lipinski definition) is 1. The quantitative estimate of drug-likeness (QED) is 0.554. The number of aryl methyl sites for hydroxylation is 2. The Morgan fingerprint density at radius 1 is 1.00 bits per heavy atom. The lowest BCUT2D eigenvalue weighted by Crippen LogP contribution is -2.33. The van der Waals surface area contributed by atoms with Crippen LogP contribution in [0.3, 0.4) is 0 Å². The van der Waals surface area contributed by atoms with Gasteiger partial charge in [0.2, 0.25) is 0 Å². The zero-order valence-electron chi connectivity index (χ0n) is 16.9. The molecule has 5 rings (SSSR count). The van der Waals surface area contributed by atoms with Crippen LogP contribution in [-0.4, -0.2) is 45.4 Å². The predicted octanol–water partition coefficient (Wildman–Crippen LogP) is 2.08. The maximum Gasteiger partial charge on any atom is 0.267 e. The first kappa shape index (κ1) is 18.5. The van der Waals surface area contributed by atoms with E-state index in [1.54, 1.807) is 32.3 Å². The monoisotopic (exact) mass is 405 g/mol. The lowest BCUT2D eigenvalue weighted by Gasteiger charge is -2.29. The highest BCUT2D eigenvalue weighted by molar-refractivity contribution is 5.43. The van der Waals surface area contributed by atoms with E-state index < -0.39 is 0 Å². The van der Waals surface area contributed by atoms with Gasteiger partial charge in [-0.3, -0.25) is 4.79 Å². The lowest BCUT2D eigenvalue weighted by atomic mass is 9.91. The van der Waals surface area contributed by atoms with Gasteiger partial charge in [-0.1, -0.05) is 0 Å². The predicted molar refractivity (Wildman–Crippen MR) is 111 cm³/mol. The molecule has 0 atom stereocenters. The minimum Gasteiger partial charge on any atom is -0.366 e. The highest BCUT2D eigenvalue weighted by Gasteiger charge is 2.24. The second-order valence-electron chi connectivity index (χ2n) is 7.82. The van der Waals surface area contributed by atoms with Crippen LogP contribution in [0.5, 0.6) is 0 Å². The molecular formula is C20H23N9O. The summed E-state index contributed by atoms with van der Waals surface area (Å²) in [6.07, 6.45) is 5.21. The van der Waals surface area contributed by atoms with Crippen molar-refractivity contribution in [3.8, 4) is 5.82 Å². The Hall–Kier alpha value is -3.56. The molecule has 0 spiro atoms. The van der Waals surface area contributed by atoms with Crippen molar-refractivity contribution < 1.29 is 0 Å². The number of nitrogens with one attached hydrogen (secondary N) is 1. The summed E-state index contributed by atoms with van der Waals surface area (Å²) in [6.45, 7) is 3.93. The average molecular weight is 405 g/mol. The van der Waals surface area contributed by atoms with Crippen LogP contribution in [0.15, 0.2) is 41.5 Å². The minimum absolute atomic E-state index is 0.0728. The first-order valence-electron chi connectivity index (χ1n) is 10.1. The van der Waals surface area contributed by atoms with Crippen LogP contribution in [0.4, 0.5) is 5.82 Å². The number of hydrogen-bond acceptors (Lipinski definition) is 7. The van der Waals surface area contributed by atoms with Crippen LogP contribution >= 0.6 is 0 Å². The van der Waals surface area contributed by atoms with Gasteiger partial charge in [0.1, 0.15) is 12.1 Å². The van der Waals surface area contributed by atoms with E-state index >= 15 is 0 Å². The maximum atomic E-state index is 12.5. The van der Waals surface area contributed by atoms with Crippen molar-refractivity contribution >= 4 is 11.5 Å². The molecule has 0 unspecified atom stereocenters. The molecule has 1 saturated carbocycles. The third-order valence-electron chi connectivity index (χ3n) is 5.59. The largest absolute Gasteiger partial charge is 0.366 e. The maximum absolute atomic E-state index is 12.5. The molecule has 10 nitrogen and oxygen atoms in total. The summed E-state index contributed by atoms with van der Waals surface area (Å²) in [4.78, 5) is 12.5. The van der Waals surface area contributed by atoms with E-state index in [0.717, 1.165) is 48.5 Å². The molecule has 0 aromatic carbocycles. The highest BCUT2D eigenvalue weighted by atomic mass is 16.1. The third-order valence-corrected chi connectivity index (χ3v) is 5.59. The Morgan fingerprint density at radius 2 is 1.83 bits per heavy atom. The average Bonchev–Trinajstić information content (AvgIpc) is 3.34. The van der Waals surface area contributed by atoms with Crippen molar-refractivity contribution in [2.75, 3.05) is 5.32 Å². The molecule has 10 heteroatoms. The van der Waals surface area contributed by atoms with Crippen molar-refractivity contribution in [3.05, 3.63) is 58.4 Å². The van der Waals surface area contributed by atoms with Crippen molar-refractivity contribution in [1.82, 2.24) is 39.4 Å². The van der Waals surface area contributed by atoms with Gasteiger partial charge in [-0.15, -0.1) is 20.4 Å². The molecule has 1 aliphatic rings. The van der Waals surface area contributed by atoms with E-state index in [-0.39, 0.29) is 11.6 Å². The van der Waals surface area contributed by atoms with Gasteiger partial charge in [0.25, 0.3) is 5.56 Å². The molecule has 0 amide bonds. The van der Waals surface area contributed by atoms with Crippen LogP contribution in [0.25, 0.3) is 11.5 Å². The van der Waals surface area contributed by atoms with Gasteiger partial charge in [0, 0.05) is 17.8 Å². The minimum atomic E-state index is -0.0728. The van der Waals surface area contributed by atoms with Gasteiger partial charge in [0.15, 0.2) is 11.5 Å². The first-order chi connectivity index (χ1) is 14.6. The van der Waals surface area contributed by atoms with E-state index in [9.17, 15) is 4.79 Å². The molecule has 0 saturated heterocycles. The molecule has 1 fully saturated rings. The van der Waals surface area contributed by atoms with Gasteiger partial charge in [-0.05, 0) is 63.8 Å². The standard InChI is InChI=1S/C20H23N9O/c1-13-11-14(2)28(24-13)19-9-10-20(30)29(26-19)16-5-3-15(4-6-16)22-17-7-8-18-23-21-12-27(18)25-17/h7-12,15-16H,3-6H2,1-2H3,(H,22,25). The number of aromatic nitrogens is 8. The first-order valence-corrected chi connectivity index (χ1v) is 10.1. The summed E-state index contributed by atoms with van der Waals surface area (Å²) in [5, 5.41) is 24.9. The van der Waals surface area contributed by atoms with Crippen molar-refractivity contribution in [2.24, 2.45) is 0 Å². The van der Waals surface area contributed by atoms with Crippen molar-refractivity contribution in [3.63, 3.8) is 0 Å². The Bertz CT molecular complexity index is 1250. The normalized spacial score (nSPS) is 19.3. The third kappa shape index (κ3) is 3.44. The second kappa shape index (κ2) is 7.36. The van der Waals surface area contributed by atoms with E-state index in [1.807, 2.05) is 32.0 Å². The summed E-state index contributed by atoms with van der Waals surface area (Å²) in [6, 6.07) is 9.51. The van der Waals surface area contributed by atoms with Gasteiger partial charge in [0.05, 0.1) is 11.7 Å². The fourth-order valence-corrected chi connectivity index (χ4v) is 4.13. The van der Waals surface area contributed by atoms with E-state index in [2.05, 4.69) is 30.8 Å². The molecule has 0 aliphatic heterocycles. The molecule has 0 bridgehead atoms. The number of anilines is 1. The molecule has 4 heterocycles. The van der Waals surface area contributed by atoms with Crippen LogP contribution in [-0.2, 0) is 0 Å². The molecule has 4 aromatic rings. The number of rotatable bonds is 4. The SMILES string of the molecule is Cc1cc(C)n(-c2ccc(=O)n(C3CCC(Nc4ccc5nncn5n4)CC3)n2)n1. The van der Waals surface area contributed by atoms with Gasteiger partial charge >= 0.3 is 0 Å². The summed E-state index contributed by atoms with van der Waals surface area (Å²) >= 11 is 0. The van der Waals surface area contributed by atoms with Gasteiger partial charge in [-0.2, -0.15) is 9.61 Å². The van der Waals surface area contributed by atoms with Crippen molar-refractivity contribution in [1.29, 1.82) is 0 Å². The molecular weight excluding hydrogens is 382 g/mol. The molecule has 1 N–H and O–H groups in total. The molecule has 30 heavy (non-hydrogen) atoms. The Balaban J connectivity index is 1.29. The summed E-state index contributed by atoms with van der Waals surface area (Å²) in [5.41, 5.74) is 2.57. The van der Waals surface area contributed by atoms with Gasteiger partial charge < -0.3 is 5.32 Å². The highest BCUT2D eigenvalue weighted by Crippen LogP contribution is 2.28. The van der Waals surface area contributed by atoms with Crippen molar-refractivity contribution in [2.45, 2.75) is 51.6 Å². The summed E-state index contributed by atoms with van der Waals surface area (Å²) in [7, 11) is 0. The summed E-state index contributed by atoms with van der Waals surface area (Å²) < 4.78 is 5.07. The molecule has 154 valence electrons. The Kier molecular flexibility index (Phi) is 4.53. The number of nitrogens with zero attached hydrogens (tertiary/aromatic N) is 8. The second-order valence-corrected chi connectivity index (χ2v) is 7.82. The van der Waals surface area contributed by atoms with E-state index in [1.165, 1.54) is 0 Å². The van der Waals surface area contributed by atoms with Crippen LogP contribution in [0.1, 0.15) is 43.1 Å².